The molecule has 3 fully saturated rings. The molecule has 2 unspecified atom stereocenters. The largest absolute Gasteiger partial charge is 0.381 e. The molecule has 3 saturated heterocycles. The first-order chi connectivity index (χ1) is 9.81. The van der Waals surface area contributed by atoms with Crippen molar-refractivity contribution in [2.45, 2.75) is 18.9 Å². The van der Waals surface area contributed by atoms with Crippen LogP contribution in [0.1, 0.15) is 12.8 Å². The quantitative estimate of drug-likeness (QED) is 0.412. The number of rotatable bonds is 2. The van der Waals surface area contributed by atoms with Crippen LogP contribution in [0, 0.1) is 5.41 Å². The average Bonchev–Trinajstić information content (AvgIpc) is 3.12. The average molecular weight is 411 g/mol. The van der Waals surface area contributed by atoms with Gasteiger partial charge in [0.15, 0.2) is 5.96 Å². The number of halogens is 1. The van der Waals surface area contributed by atoms with Crippen LogP contribution in [0.4, 0.5) is 0 Å². The Bertz CT molecular complexity index is 355. The van der Waals surface area contributed by atoms with E-state index < -0.39 is 0 Å². The molecular formula is C14H26IN3O3. The van der Waals surface area contributed by atoms with Gasteiger partial charge in [-0.1, -0.05) is 0 Å². The summed E-state index contributed by atoms with van der Waals surface area (Å²) in [5, 5.41) is 3.42. The lowest BCUT2D eigenvalue weighted by molar-refractivity contribution is -0.0851. The zero-order valence-electron chi connectivity index (χ0n) is 12.7. The summed E-state index contributed by atoms with van der Waals surface area (Å²) in [6, 6.07) is 0. The van der Waals surface area contributed by atoms with E-state index in [4.69, 9.17) is 14.2 Å². The maximum absolute atomic E-state index is 5.65. The van der Waals surface area contributed by atoms with Gasteiger partial charge in [0.1, 0.15) is 0 Å². The minimum atomic E-state index is 0. The lowest BCUT2D eigenvalue weighted by Gasteiger charge is -2.27. The highest BCUT2D eigenvalue weighted by Crippen LogP contribution is 2.38. The highest BCUT2D eigenvalue weighted by Gasteiger charge is 2.42. The van der Waals surface area contributed by atoms with Crippen molar-refractivity contribution in [3.8, 4) is 0 Å². The molecule has 7 heteroatoms. The van der Waals surface area contributed by atoms with Crippen LogP contribution >= 0.6 is 24.0 Å². The summed E-state index contributed by atoms with van der Waals surface area (Å²) in [7, 11) is 1.84. The lowest BCUT2D eigenvalue weighted by Crippen LogP contribution is -2.46. The van der Waals surface area contributed by atoms with Crippen molar-refractivity contribution in [3.63, 3.8) is 0 Å². The van der Waals surface area contributed by atoms with Gasteiger partial charge in [-0.25, -0.2) is 0 Å². The van der Waals surface area contributed by atoms with Crippen LogP contribution in [-0.2, 0) is 14.2 Å². The van der Waals surface area contributed by atoms with Gasteiger partial charge in [-0.2, -0.15) is 0 Å². The molecule has 0 bridgehead atoms. The first kappa shape index (κ1) is 17.2. The molecule has 1 spiro atoms. The van der Waals surface area contributed by atoms with Crippen molar-refractivity contribution in [2.24, 2.45) is 10.4 Å². The molecule has 2 atom stereocenters. The highest BCUT2D eigenvalue weighted by atomic mass is 127. The minimum absolute atomic E-state index is 0. The second-order valence-corrected chi connectivity index (χ2v) is 5.97. The highest BCUT2D eigenvalue weighted by molar-refractivity contribution is 14.0. The molecule has 6 nitrogen and oxygen atoms in total. The summed E-state index contributed by atoms with van der Waals surface area (Å²) in [5.74, 6) is 0.975. The third-order valence-electron chi connectivity index (χ3n) is 4.51. The van der Waals surface area contributed by atoms with Crippen LogP contribution in [0.3, 0.4) is 0 Å². The Morgan fingerprint density at radius 2 is 2.19 bits per heavy atom. The van der Waals surface area contributed by atoms with E-state index in [1.165, 1.54) is 12.8 Å². The van der Waals surface area contributed by atoms with Gasteiger partial charge in [0.25, 0.3) is 0 Å². The van der Waals surface area contributed by atoms with Gasteiger partial charge in [0.2, 0.25) is 0 Å². The summed E-state index contributed by atoms with van der Waals surface area (Å²) < 4.78 is 16.6. The maximum Gasteiger partial charge on any atom is 0.193 e. The first-order valence-corrected chi connectivity index (χ1v) is 7.54. The topological polar surface area (TPSA) is 55.3 Å². The first-order valence-electron chi connectivity index (χ1n) is 7.54. The van der Waals surface area contributed by atoms with Crippen molar-refractivity contribution in [1.82, 2.24) is 10.2 Å². The smallest absolute Gasteiger partial charge is 0.193 e. The summed E-state index contributed by atoms with van der Waals surface area (Å²) in [6.45, 7) is 6.75. The van der Waals surface area contributed by atoms with Crippen LogP contribution in [0.5, 0.6) is 0 Å². The van der Waals surface area contributed by atoms with Crippen molar-refractivity contribution in [1.29, 1.82) is 0 Å². The molecule has 21 heavy (non-hydrogen) atoms. The predicted octanol–water partition coefficient (Wildman–Crippen LogP) is 0.708. The van der Waals surface area contributed by atoms with Crippen molar-refractivity contribution in [3.05, 3.63) is 0 Å². The van der Waals surface area contributed by atoms with Crippen molar-refractivity contribution < 1.29 is 14.2 Å². The van der Waals surface area contributed by atoms with E-state index in [9.17, 15) is 0 Å². The van der Waals surface area contributed by atoms with Crippen LogP contribution in [0.25, 0.3) is 0 Å². The number of aliphatic imine (C=N–C) groups is 1. The Morgan fingerprint density at radius 3 is 2.86 bits per heavy atom. The number of nitrogens with one attached hydrogen (secondary N) is 1. The fraction of sp³-hybridized carbons (Fsp3) is 0.929. The predicted molar refractivity (Wildman–Crippen MR) is 91.4 cm³/mol. The molecule has 0 aliphatic carbocycles. The van der Waals surface area contributed by atoms with Crippen LogP contribution in [-0.4, -0.2) is 76.7 Å². The van der Waals surface area contributed by atoms with Gasteiger partial charge in [-0.3, -0.25) is 4.99 Å². The fourth-order valence-electron chi connectivity index (χ4n) is 3.28. The third kappa shape index (κ3) is 4.20. The standard InChI is InChI=1S/C14H25N3O3.HI/c1-15-13(16-8-12-9-18-6-7-20-12)17-4-2-14(10-17)3-5-19-11-14;/h12H,2-11H2,1H3,(H,15,16);1H. The molecule has 3 heterocycles. The summed E-state index contributed by atoms with van der Waals surface area (Å²) >= 11 is 0. The van der Waals surface area contributed by atoms with E-state index in [0.29, 0.717) is 25.2 Å². The summed E-state index contributed by atoms with van der Waals surface area (Å²) in [5.41, 5.74) is 0.363. The Hall–Kier alpha value is -0.120. The Kier molecular flexibility index (Phi) is 6.51. The molecule has 0 amide bonds. The number of likely N-dealkylation sites (tertiary alicyclic amines) is 1. The molecule has 122 valence electrons. The van der Waals surface area contributed by atoms with Gasteiger partial charge in [0.05, 0.1) is 32.5 Å². The minimum Gasteiger partial charge on any atom is -0.381 e. The Morgan fingerprint density at radius 1 is 1.29 bits per heavy atom. The summed E-state index contributed by atoms with van der Waals surface area (Å²) in [4.78, 5) is 6.75. The van der Waals surface area contributed by atoms with Gasteiger partial charge in [-0.15, -0.1) is 24.0 Å². The zero-order chi connectivity index (χ0) is 13.8. The SMILES string of the molecule is CN=C(NCC1COCCO1)N1CCC2(CCOC2)C1.I. The summed E-state index contributed by atoms with van der Waals surface area (Å²) in [6.07, 6.45) is 2.52. The van der Waals surface area contributed by atoms with Crippen molar-refractivity contribution >= 4 is 29.9 Å². The van der Waals surface area contributed by atoms with Gasteiger partial charge in [0, 0.05) is 38.7 Å². The van der Waals surface area contributed by atoms with Gasteiger partial charge >= 0.3 is 0 Å². The van der Waals surface area contributed by atoms with Gasteiger partial charge in [-0.05, 0) is 12.8 Å². The second kappa shape index (κ2) is 7.94. The van der Waals surface area contributed by atoms with E-state index in [0.717, 1.165) is 38.8 Å². The van der Waals surface area contributed by atoms with Crippen LogP contribution in [0.15, 0.2) is 4.99 Å². The maximum atomic E-state index is 5.65. The number of hydrogen-bond acceptors (Lipinski definition) is 4. The molecule has 3 aliphatic rings. The molecule has 0 saturated carbocycles. The number of nitrogens with zero attached hydrogens (tertiary/aromatic N) is 2. The fourth-order valence-corrected chi connectivity index (χ4v) is 3.28. The number of hydrogen-bond donors (Lipinski definition) is 1. The molecule has 3 rings (SSSR count). The number of ether oxygens (including phenoxy) is 3. The van der Waals surface area contributed by atoms with E-state index in [-0.39, 0.29) is 30.1 Å². The lowest BCUT2D eigenvalue weighted by atomic mass is 9.87. The molecule has 1 N–H and O–H groups in total. The normalized spacial score (nSPS) is 33.3. The Labute approximate surface area is 143 Å². The molecular weight excluding hydrogens is 385 g/mol. The van der Waals surface area contributed by atoms with Crippen molar-refractivity contribution in [2.75, 3.05) is 59.7 Å². The monoisotopic (exact) mass is 411 g/mol. The molecule has 0 radical (unpaired) electrons. The molecule has 3 aliphatic heterocycles. The van der Waals surface area contributed by atoms with E-state index in [1.807, 2.05) is 7.05 Å². The molecule has 0 aromatic rings. The number of guanidine groups is 1. The molecule has 0 aromatic carbocycles. The van der Waals surface area contributed by atoms with E-state index in [2.05, 4.69) is 15.2 Å². The van der Waals surface area contributed by atoms with Crippen LogP contribution in [0.2, 0.25) is 0 Å². The van der Waals surface area contributed by atoms with E-state index >= 15 is 0 Å². The van der Waals surface area contributed by atoms with Gasteiger partial charge < -0.3 is 24.4 Å². The third-order valence-corrected chi connectivity index (χ3v) is 4.51. The van der Waals surface area contributed by atoms with Crippen LogP contribution < -0.4 is 5.32 Å². The van der Waals surface area contributed by atoms with E-state index in [1.54, 1.807) is 0 Å². The zero-order valence-corrected chi connectivity index (χ0v) is 15.0. The second-order valence-electron chi connectivity index (χ2n) is 5.97. The Balaban J connectivity index is 0.00000161. The molecule has 0 aromatic heterocycles.